The van der Waals surface area contributed by atoms with Crippen LogP contribution in [-0.4, -0.2) is 48.0 Å². The van der Waals surface area contributed by atoms with Gasteiger partial charge in [0.25, 0.3) is 0 Å². The predicted octanol–water partition coefficient (Wildman–Crippen LogP) is 1.54. The van der Waals surface area contributed by atoms with Crippen LogP contribution in [0.5, 0.6) is 0 Å². The van der Waals surface area contributed by atoms with Gasteiger partial charge in [-0.25, -0.2) is 9.78 Å². The van der Waals surface area contributed by atoms with Crippen molar-refractivity contribution in [3.05, 3.63) is 23.5 Å². The van der Waals surface area contributed by atoms with Crippen molar-refractivity contribution in [1.82, 2.24) is 25.2 Å². The third-order valence-electron chi connectivity index (χ3n) is 4.53. The van der Waals surface area contributed by atoms with Crippen LogP contribution in [0.15, 0.2) is 12.1 Å². The van der Waals surface area contributed by atoms with Gasteiger partial charge in [0.2, 0.25) is 5.82 Å². The minimum absolute atomic E-state index is 0.0244. The normalized spacial score (nSPS) is 20.9. The van der Waals surface area contributed by atoms with Gasteiger partial charge in [-0.1, -0.05) is 0 Å². The molecule has 0 atom stereocenters. The van der Waals surface area contributed by atoms with Crippen LogP contribution in [0, 0.1) is 18.8 Å². The van der Waals surface area contributed by atoms with E-state index in [0.29, 0.717) is 35.5 Å². The van der Waals surface area contributed by atoms with Crippen molar-refractivity contribution >= 4 is 5.97 Å². The average molecular weight is 331 g/mol. The summed E-state index contributed by atoms with van der Waals surface area (Å²) >= 11 is 0. The van der Waals surface area contributed by atoms with Gasteiger partial charge in [0.05, 0.1) is 6.54 Å². The molecule has 2 N–H and O–H groups in total. The van der Waals surface area contributed by atoms with Gasteiger partial charge in [-0.3, -0.25) is 0 Å². The maximum Gasteiger partial charge on any atom is 0.354 e. The number of aliphatic hydroxyl groups excluding tert-OH is 1. The zero-order valence-electron chi connectivity index (χ0n) is 13.6. The highest BCUT2D eigenvalue weighted by atomic mass is 16.4. The fourth-order valence-corrected chi connectivity index (χ4v) is 3.17. The summed E-state index contributed by atoms with van der Waals surface area (Å²) in [4.78, 5) is 16.7. The second-order valence-electron chi connectivity index (χ2n) is 6.42. The number of hydrogen-bond acceptors (Lipinski definition) is 6. The van der Waals surface area contributed by atoms with Crippen LogP contribution >= 0.6 is 0 Å². The van der Waals surface area contributed by atoms with Gasteiger partial charge >= 0.3 is 5.97 Å². The van der Waals surface area contributed by atoms with Crippen LogP contribution in [0.2, 0.25) is 0 Å². The van der Waals surface area contributed by atoms with Crippen LogP contribution in [0.1, 0.15) is 41.9 Å². The van der Waals surface area contributed by atoms with Crippen LogP contribution in [0.3, 0.4) is 0 Å². The highest BCUT2D eigenvalue weighted by Crippen LogP contribution is 2.29. The number of carbonyl (C=O) groups is 1. The minimum Gasteiger partial charge on any atom is -0.477 e. The van der Waals surface area contributed by atoms with E-state index in [1.165, 1.54) is 6.07 Å². The highest BCUT2D eigenvalue weighted by Gasteiger charge is 2.22. The molecule has 0 radical (unpaired) electrons. The molecule has 0 bridgehead atoms. The Kier molecular flexibility index (Phi) is 4.84. The molecule has 1 fully saturated rings. The molecule has 0 aliphatic heterocycles. The van der Waals surface area contributed by atoms with Crippen molar-refractivity contribution in [2.24, 2.45) is 11.8 Å². The number of aliphatic hydroxyl groups is 1. The van der Waals surface area contributed by atoms with Crippen molar-refractivity contribution < 1.29 is 15.0 Å². The maximum absolute atomic E-state index is 11.1. The number of aromatic nitrogens is 5. The number of carboxylic acids is 1. The number of rotatable bonds is 5. The molecule has 1 aliphatic rings. The Morgan fingerprint density at radius 2 is 1.96 bits per heavy atom. The summed E-state index contributed by atoms with van der Waals surface area (Å²) in [5, 5.41) is 30.8. The molecule has 2 aromatic rings. The Morgan fingerprint density at radius 3 is 2.62 bits per heavy atom. The van der Waals surface area contributed by atoms with E-state index in [2.05, 4.69) is 20.4 Å². The molecule has 1 saturated carbocycles. The molecule has 2 heterocycles. The lowest BCUT2D eigenvalue weighted by atomic mass is 9.82. The van der Waals surface area contributed by atoms with Crippen LogP contribution < -0.4 is 0 Å². The first-order valence-electron chi connectivity index (χ1n) is 8.16. The number of aromatic carboxylic acids is 1. The van der Waals surface area contributed by atoms with Gasteiger partial charge in [-0.15, -0.1) is 10.2 Å². The lowest BCUT2D eigenvalue weighted by Gasteiger charge is -2.26. The fourth-order valence-electron chi connectivity index (χ4n) is 3.17. The molecular weight excluding hydrogens is 310 g/mol. The monoisotopic (exact) mass is 331 g/mol. The third kappa shape index (κ3) is 3.76. The molecule has 128 valence electrons. The van der Waals surface area contributed by atoms with Crippen LogP contribution in [-0.2, 0) is 6.54 Å². The number of hydrogen-bond donors (Lipinski definition) is 2. The second-order valence-corrected chi connectivity index (χ2v) is 6.42. The largest absolute Gasteiger partial charge is 0.477 e. The number of nitrogens with zero attached hydrogens (tertiary/aromatic N) is 5. The Morgan fingerprint density at radius 1 is 1.25 bits per heavy atom. The summed E-state index contributed by atoms with van der Waals surface area (Å²) in [6, 6.07) is 3.21. The number of pyridine rings is 1. The molecule has 0 spiro atoms. The first kappa shape index (κ1) is 16.5. The molecule has 1 aliphatic carbocycles. The lowest BCUT2D eigenvalue weighted by Crippen LogP contribution is -2.21. The molecule has 0 unspecified atom stereocenters. The van der Waals surface area contributed by atoms with Gasteiger partial charge in [0.1, 0.15) is 5.69 Å². The van der Waals surface area contributed by atoms with Crippen LogP contribution in [0.25, 0.3) is 11.4 Å². The van der Waals surface area contributed by atoms with E-state index in [4.69, 9.17) is 5.11 Å². The number of aryl methyl sites for hydroxylation is 1. The Balaban J connectivity index is 1.71. The standard InChI is InChI=1S/C16H21N5O3/c1-10-6-13(7-14(17-10)16(23)24)15-18-20-21(19-15)8-11-2-4-12(9-22)5-3-11/h6-7,11-12,22H,2-5,8-9H2,1H3,(H,23,24)/t11-,12-. The van der Waals surface area contributed by atoms with E-state index in [0.717, 1.165) is 25.7 Å². The summed E-state index contributed by atoms with van der Waals surface area (Å²) in [7, 11) is 0. The Bertz CT molecular complexity index is 722. The predicted molar refractivity (Wildman–Crippen MR) is 85.3 cm³/mol. The van der Waals surface area contributed by atoms with Crippen molar-refractivity contribution in [1.29, 1.82) is 0 Å². The highest BCUT2D eigenvalue weighted by molar-refractivity contribution is 5.86. The summed E-state index contributed by atoms with van der Waals surface area (Å²) in [5.41, 5.74) is 1.18. The molecular formula is C16H21N5O3. The quantitative estimate of drug-likeness (QED) is 0.854. The topological polar surface area (TPSA) is 114 Å². The third-order valence-corrected chi connectivity index (χ3v) is 4.53. The van der Waals surface area contributed by atoms with E-state index in [1.54, 1.807) is 17.8 Å². The molecule has 0 amide bonds. The first-order valence-corrected chi connectivity index (χ1v) is 8.16. The molecule has 24 heavy (non-hydrogen) atoms. The lowest BCUT2D eigenvalue weighted by molar-refractivity contribution is 0.0690. The van der Waals surface area contributed by atoms with Crippen molar-refractivity contribution in [2.75, 3.05) is 6.61 Å². The van der Waals surface area contributed by atoms with Crippen molar-refractivity contribution in [3.8, 4) is 11.4 Å². The van der Waals surface area contributed by atoms with E-state index < -0.39 is 5.97 Å². The zero-order chi connectivity index (χ0) is 17.1. The van der Waals surface area contributed by atoms with Gasteiger partial charge < -0.3 is 10.2 Å². The van der Waals surface area contributed by atoms with Crippen LogP contribution in [0.4, 0.5) is 0 Å². The zero-order valence-corrected chi connectivity index (χ0v) is 13.6. The molecule has 8 heteroatoms. The minimum atomic E-state index is -1.08. The summed E-state index contributed by atoms with van der Waals surface area (Å²) < 4.78 is 0. The van der Waals surface area contributed by atoms with E-state index in [-0.39, 0.29) is 12.3 Å². The van der Waals surface area contributed by atoms with E-state index >= 15 is 0 Å². The number of carboxylic acid groups (broad SMARTS) is 1. The SMILES string of the molecule is Cc1cc(-c2nnn(C[C@H]3CC[C@H](CO)CC3)n2)cc(C(=O)O)n1. The second kappa shape index (κ2) is 7.04. The average Bonchev–Trinajstić information content (AvgIpc) is 3.03. The molecule has 0 aromatic carbocycles. The number of tetrazole rings is 1. The first-order chi connectivity index (χ1) is 11.5. The Hall–Kier alpha value is -2.35. The van der Waals surface area contributed by atoms with Gasteiger partial charge in [-0.05, 0) is 61.8 Å². The van der Waals surface area contributed by atoms with E-state index in [9.17, 15) is 9.90 Å². The summed E-state index contributed by atoms with van der Waals surface area (Å²) in [6.07, 6.45) is 4.18. The fraction of sp³-hybridized carbons (Fsp3) is 0.562. The maximum atomic E-state index is 11.1. The summed E-state index contributed by atoms with van der Waals surface area (Å²) in [5.74, 6) is 0.249. The molecule has 8 nitrogen and oxygen atoms in total. The van der Waals surface area contributed by atoms with Gasteiger partial charge in [0, 0.05) is 17.9 Å². The molecule has 3 rings (SSSR count). The van der Waals surface area contributed by atoms with E-state index in [1.807, 2.05) is 0 Å². The Labute approximate surface area is 139 Å². The summed E-state index contributed by atoms with van der Waals surface area (Å²) in [6.45, 7) is 2.70. The smallest absolute Gasteiger partial charge is 0.354 e. The van der Waals surface area contributed by atoms with Crippen molar-refractivity contribution in [3.63, 3.8) is 0 Å². The molecule has 2 aromatic heterocycles. The van der Waals surface area contributed by atoms with Gasteiger partial charge in [0.15, 0.2) is 0 Å². The van der Waals surface area contributed by atoms with Gasteiger partial charge in [-0.2, -0.15) is 4.80 Å². The van der Waals surface area contributed by atoms with Crippen molar-refractivity contribution in [2.45, 2.75) is 39.2 Å². The molecule has 0 saturated heterocycles.